The van der Waals surface area contributed by atoms with Gasteiger partial charge in [-0.25, -0.2) is 0 Å². The van der Waals surface area contributed by atoms with Crippen molar-refractivity contribution in [2.24, 2.45) is 0 Å². The summed E-state index contributed by atoms with van der Waals surface area (Å²) in [6, 6.07) is 7.30. The van der Waals surface area contributed by atoms with Gasteiger partial charge in [0.1, 0.15) is 11.5 Å². The van der Waals surface area contributed by atoms with Crippen LogP contribution in [0, 0.1) is 0 Å². The van der Waals surface area contributed by atoms with Crippen molar-refractivity contribution in [3.05, 3.63) is 35.9 Å². The van der Waals surface area contributed by atoms with Crippen molar-refractivity contribution >= 4 is 5.91 Å². The molecule has 0 saturated heterocycles. The van der Waals surface area contributed by atoms with Crippen LogP contribution in [0.2, 0.25) is 0 Å². The minimum absolute atomic E-state index is 0.0419. The molecule has 0 saturated carbocycles. The SMILES string of the molecule is CC[C@H](Oc1ccc(OC)cc1)C(=O)NCCC1=CCCCC1. The lowest BCUT2D eigenvalue weighted by Crippen LogP contribution is -2.38. The van der Waals surface area contributed by atoms with Gasteiger partial charge in [-0.05, 0) is 62.8 Å². The Morgan fingerprint density at radius 2 is 1.96 bits per heavy atom. The van der Waals surface area contributed by atoms with Crippen LogP contribution in [0.4, 0.5) is 0 Å². The fourth-order valence-corrected chi connectivity index (χ4v) is 2.73. The van der Waals surface area contributed by atoms with Crippen molar-refractivity contribution in [2.45, 2.75) is 51.6 Å². The molecular weight excluding hydrogens is 290 g/mol. The van der Waals surface area contributed by atoms with Crippen molar-refractivity contribution in [2.75, 3.05) is 13.7 Å². The van der Waals surface area contributed by atoms with Crippen LogP contribution in [-0.4, -0.2) is 25.7 Å². The minimum atomic E-state index is -0.455. The second-order valence-corrected chi connectivity index (χ2v) is 5.84. The van der Waals surface area contributed by atoms with Gasteiger partial charge < -0.3 is 14.8 Å². The van der Waals surface area contributed by atoms with E-state index < -0.39 is 6.10 Å². The molecule has 0 spiro atoms. The molecule has 1 aromatic carbocycles. The monoisotopic (exact) mass is 317 g/mol. The average molecular weight is 317 g/mol. The number of methoxy groups -OCH3 is 1. The molecule has 1 amide bonds. The van der Waals surface area contributed by atoms with Gasteiger partial charge in [0.15, 0.2) is 6.10 Å². The summed E-state index contributed by atoms with van der Waals surface area (Å²) in [5.41, 5.74) is 1.47. The fourth-order valence-electron chi connectivity index (χ4n) is 2.73. The lowest BCUT2D eigenvalue weighted by molar-refractivity contribution is -0.128. The lowest BCUT2D eigenvalue weighted by Gasteiger charge is -2.18. The molecule has 126 valence electrons. The van der Waals surface area contributed by atoms with E-state index in [1.54, 1.807) is 7.11 Å². The summed E-state index contributed by atoms with van der Waals surface area (Å²) in [6.45, 7) is 2.64. The molecule has 1 aliphatic rings. The third-order valence-electron chi connectivity index (χ3n) is 4.13. The van der Waals surface area contributed by atoms with Crippen LogP contribution in [0.15, 0.2) is 35.9 Å². The van der Waals surface area contributed by atoms with Gasteiger partial charge in [-0.3, -0.25) is 4.79 Å². The molecule has 23 heavy (non-hydrogen) atoms. The topological polar surface area (TPSA) is 47.6 Å². The van der Waals surface area contributed by atoms with E-state index in [1.165, 1.54) is 31.3 Å². The Kier molecular flexibility index (Phi) is 6.98. The number of ether oxygens (including phenoxy) is 2. The van der Waals surface area contributed by atoms with E-state index in [0.717, 1.165) is 12.2 Å². The molecule has 1 aromatic rings. The number of hydrogen-bond acceptors (Lipinski definition) is 3. The van der Waals surface area contributed by atoms with Crippen molar-refractivity contribution in [1.29, 1.82) is 0 Å². The zero-order chi connectivity index (χ0) is 16.5. The first-order valence-corrected chi connectivity index (χ1v) is 8.49. The maximum absolute atomic E-state index is 12.3. The average Bonchev–Trinajstić information content (AvgIpc) is 2.61. The molecule has 4 nitrogen and oxygen atoms in total. The van der Waals surface area contributed by atoms with E-state index in [0.29, 0.717) is 18.7 Å². The Morgan fingerprint density at radius 1 is 1.22 bits per heavy atom. The molecule has 2 rings (SSSR count). The smallest absolute Gasteiger partial charge is 0.261 e. The Balaban J connectivity index is 1.79. The number of benzene rings is 1. The van der Waals surface area contributed by atoms with Crippen LogP contribution < -0.4 is 14.8 Å². The fraction of sp³-hybridized carbons (Fsp3) is 0.526. The van der Waals surface area contributed by atoms with Crippen molar-refractivity contribution in [1.82, 2.24) is 5.32 Å². The predicted molar refractivity (Wildman–Crippen MR) is 91.9 cm³/mol. The summed E-state index contributed by atoms with van der Waals surface area (Å²) in [6.07, 6.45) is 8.38. The van der Waals surface area contributed by atoms with Crippen LogP contribution in [0.1, 0.15) is 45.4 Å². The first-order valence-electron chi connectivity index (χ1n) is 8.49. The summed E-state index contributed by atoms with van der Waals surface area (Å²) < 4.78 is 10.9. The number of amides is 1. The lowest BCUT2D eigenvalue weighted by atomic mass is 9.97. The van der Waals surface area contributed by atoms with Gasteiger partial charge in [0.25, 0.3) is 5.91 Å². The highest BCUT2D eigenvalue weighted by molar-refractivity contribution is 5.81. The van der Waals surface area contributed by atoms with Crippen LogP contribution in [0.25, 0.3) is 0 Å². The highest BCUT2D eigenvalue weighted by atomic mass is 16.5. The number of nitrogens with one attached hydrogen (secondary N) is 1. The Labute approximate surface area is 138 Å². The number of carbonyl (C=O) groups excluding carboxylic acids is 1. The highest BCUT2D eigenvalue weighted by Gasteiger charge is 2.18. The standard InChI is InChI=1S/C19H27NO3/c1-3-18(23-17-11-9-16(22-2)10-12-17)19(21)20-14-13-15-7-5-4-6-8-15/h7,9-12,18H,3-6,8,13-14H2,1-2H3,(H,20,21)/t18-/m0/s1. The first kappa shape index (κ1) is 17.4. The van der Waals surface area contributed by atoms with Crippen LogP contribution in [0.5, 0.6) is 11.5 Å². The number of carbonyl (C=O) groups is 1. The Hall–Kier alpha value is -1.97. The highest BCUT2D eigenvalue weighted by Crippen LogP contribution is 2.20. The summed E-state index contributed by atoms with van der Waals surface area (Å²) in [7, 11) is 1.62. The van der Waals surface area contributed by atoms with Gasteiger partial charge >= 0.3 is 0 Å². The van der Waals surface area contributed by atoms with E-state index in [9.17, 15) is 4.79 Å². The quantitative estimate of drug-likeness (QED) is 0.741. The summed E-state index contributed by atoms with van der Waals surface area (Å²) >= 11 is 0. The predicted octanol–water partition coefficient (Wildman–Crippen LogP) is 3.86. The van der Waals surface area contributed by atoms with Gasteiger partial charge in [0.05, 0.1) is 7.11 Å². The number of rotatable bonds is 8. The number of hydrogen-bond donors (Lipinski definition) is 1. The van der Waals surface area contributed by atoms with E-state index in [2.05, 4.69) is 11.4 Å². The summed E-state index contributed by atoms with van der Waals surface area (Å²) in [5.74, 6) is 1.41. The van der Waals surface area contributed by atoms with Crippen LogP contribution in [-0.2, 0) is 4.79 Å². The van der Waals surface area contributed by atoms with E-state index in [-0.39, 0.29) is 5.91 Å². The summed E-state index contributed by atoms with van der Waals surface area (Å²) in [5, 5.41) is 2.99. The van der Waals surface area contributed by atoms with E-state index in [4.69, 9.17) is 9.47 Å². The molecule has 0 radical (unpaired) electrons. The van der Waals surface area contributed by atoms with Gasteiger partial charge in [0, 0.05) is 6.54 Å². The first-order chi connectivity index (χ1) is 11.2. The minimum Gasteiger partial charge on any atom is -0.497 e. The van der Waals surface area contributed by atoms with Gasteiger partial charge in [0.2, 0.25) is 0 Å². The van der Waals surface area contributed by atoms with Crippen LogP contribution >= 0.6 is 0 Å². The van der Waals surface area contributed by atoms with E-state index in [1.807, 2.05) is 31.2 Å². The third kappa shape index (κ3) is 5.62. The Bertz CT molecular complexity index is 522. The van der Waals surface area contributed by atoms with Gasteiger partial charge in [-0.15, -0.1) is 0 Å². The zero-order valence-electron chi connectivity index (χ0n) is 14.1. The molecule has 1 atom stereocenters. The molecule has 0 aliphatic heterocycles. The molecule has 0 fully saturated rings. The molecule has 4 heteroatoms. The van der Waals surface area contributed by atoms with Crippen molar-refractivity contribution < 1.29 is 14.3 Å². The normalized spacial score (nSPS) is 15.5. The van der Waals surface area contributed by atoms with Crippen molar-refractivity contribution in [3.8, 4) is 11.5 Å². The maximum Gasteiger partial charge on any atom is 0.261 e. The molecule has 1 aliphatic carbocycles. The molecule has 0 aromatic heterocycles. The molecule has 0 unspecified atom stereocenters. The van der Waals surface area contributed by atoms with Gasteiger partial charge in [-0.2, -0.15) is 0 Å². The van der Waals surface area contributed by atoms with Crippen LogP contribution in [0.3, 0.4) is 0 Å². The van der Waals surface area contributed by atoms with Crippen molar-refractivity contribution in [3.63, 3.8) is 0 Å². The second-order valence-electron chi connectivity index (χ2n) is 5.84. The van der Waals surface area contributed by atoms with E-state index >= 15 is 0 Å². The molecule has 0 bridgehead atoms. The Morgan fingerprint density at radius 3 is 2.57 bits per heavy atom. The zero-order valence-corrected chi connectivity index (χ0v) is 14.1. The number of allylic oxidation sites excluding steroid dienone is 1. The largest absolute Gasteiger partial charge is 0.497 e. The maximum atomic E-state index is 12.3. The second kappa shape index (κ2) is 9.23. The third-order valence-corrected chi connectivity index (χ3v) is 4.13. The van der Waals surface area contributed by atoms with Gasteiger partial charge in [-0.1, -0.05) is 18.6 Å². The summed E-state index contributed by atoms with van der Waals surface area (Å²) in [4.78, 5) is 12.3. The molecular formula is C19H27NO3. The molecule has 1 N–H and O–H groups in total. The molecule has 0 heterocycles.